The fourth-order valence-corrected chi connectivity index (χ4v) is 3.96. The zero-order valence-corrected chi connectivity index (χ0v) is 17.6. The molecule has 0 fully saturated rings. The second-order valence-electron chi connectivity index (χ2n) is 7.54. The van der Waals surface area contributed by atoms with Gasteiger partial charge in [-0.25, -0.2) is 4.79 Å². The van der Waals surface area contributed by atoms with Crippen LogP contribution in [0.4, 0.5) is 11.4 Å². The molecule has 0 saturated carbocycles. The fourth-order valence-electron chi connectivity index (χ4n) is 3.96. The molecule has 3 aromatic carbocycles. The number of ether oxygens (including phenoxy) is 1. The topological polar surface area (TPSA) is 75.7 Å². The first kappa shape index (κ1) is 20.6. The molecule has 4 rings (SSSR count). The van der Waals surface area contributed by atoms with E-state index in [1.54, 1.807) is 30.0 Å². The van der Waals surface area contributed by atoms with Crippen LogP contribution in [-0.4, -0.2) is 30.9 Å². The number of aryl methyl sites for hydroxylation is 1. The molecule has 0 radical (unpaired) electrons. The van der Waals surface area contributed by atoms with Crippen LogP contribution in [-0.2, 0) is 9.53 Å². The highest BCUT2D eigenvalue weighted by molar-refractivity contribution is 6.25. The lowest BCUT2D eigenvalue weighted by Gasteiger charge is -2.17. The predicted octanol–water partition coefficient (Wildman–Crippen LogP) is 4.70. The highest BCUT2D eigenvalue weighted by Crippen LogP contribution is 2.37. The normalized spacial score (nSPS) is 12.3. The maximum atomic E-state index is 12.8. The van der Waals surface area contributed by atoms with Gasteiger partial charge in [0.15, 0.2) is 0 Å². The molecule has 0 spiro atoms. The van der Waals surface area contributed by atoms with Crippen molar-refractivity contribution in [3.63, 3.8) is 0 Å². The summed E-state index contributed by atoms with van der Waals surface area (Å²) in [5.41, 5.74) is 3.53. The maximum Gasteiger partial charge on any atom is 0.338 e. The van der Waals surface area contributed by atoms with E-state index in [0.717, 1.165) is 27.6 Å². The molecular formula is C25H24N2O4. The number of nitrogens with zero attached hydrogens (tertiary/aromatic N) is 1. The van der Waals surface area contributed by atoms with Gasteiger partial charge >= 0.3 is 5.97 Å². The molecule has 6 nitrogen and oxygen atoms in total. The van der Waals surface area contributed by atoms with Gasteiger partial charge in [-0.1, -0.05) is 24.3 Å². The number of carbonyl (C=O) groups is 3. The lowest BCUT2D eigenvalue weighted by Crippen LogP contribution is -2.28. The largest absolute Gasteiger partial charge is 0.462 e. The van der Waals surface area contributed by atoms with Crippen molar-refractivity contribution in [2.75, 3.05) is 23.4 Å². The summed E-state index contributed by atoms with van der Waals surface area (Å²) in [4.78, 5) is 38.8. The predicted molar refractivity (Wildman–Crippen MR) is 121 cm³/mol. The number of esters is 1. The summed E-state index contributed by atoms with van der Waals surface area (Å²) in [5.74, 6) is -0.526. The lowest BCUT2D eigenvalue weighted by molar-refractivity contribution is -0.116. The van der Waals surface area contributed by atoms with E-state index in [1.165, 1.54) is 0 Å². The minimum Gasteiger partial charge on any atom is -0.462 e. The van der Waals surface area contributed by atoms with Gasteiger partial charge in [-0.3, -0.25) is 9.59 Å². The molecule has 0 bridgehead atoms. The molecule has 0 aromatic heterocycles. The average Bonchev–Trinajstić information content (AvgIpc) is 3.03. The van der Waals surface area contributed by atoms with Crippen LogP contribution in [0.15, 0.2) is 54.6 Å². The molecule has 158 valence electrons. The van der Waals surface area contributed by atoms with Crippen LogP contribution < -0.4 is 10.2 Å². The van der Waals surface area contributed by atoms with Gasteiger partial charge in [-0.2, -0.15) is 0 Å². The molecule has 0 saturated heterocycles. The van der Waals surface area contributed by atoms with Gasteiger partial charge in [-0.05, 0) is 61.5 Å². The highest BCUT2D eigenvalue weighted by Gasteiger charge is 2.29. The van der Waals surface area contributed by atoms with Crippen LogP contribution in [0.3, 0.4) is 0 Å². The Balaban J connectivity index is 1.36. The number of benzene rings is 3. The second-order valence-corrected chi connectivity index (χ2v) is 7.54. The van der Waals surface area contributed by atoms with Crippen molar-refractivity contribution in [2.24, 2.45) is 0 Å². The highest BCUT2D eigenvalue weighted by atomic mass is 16.5. The SMILES string of the molecule is CCOC(=O)c1ccc(NC(=O)CCCN2C(=O)c3cccc4cccc2c34)c(C)c1. The van der Waals surface area contributed by atoms with Crippen molar-refractivity contribution in [2.45, 2.75) is 26.7 Å². The van der Waals surface area contributed by atoms with Crippen LogP contribution in [0.5, 0.6) is 0 Å². The zero-order valence-electron chi connectivity index (χ0n) is 17.6. The smallest absolute Gasteiger partial charge is 0.338 e. The minimum absolute atomic E-state index is 0.0161. The average molecular weight is 416 g/mol. The van der Waals surface area contributed by atoms with Crippen LogP contribution in [0.2, 0.25) is 0 Å². The molecule has 2 amide bonds. The fraction of sp³-hybridized carbons (Fsp3) is 0.240. The van der Waals surface area contributed by atoms with Crippen molar-refractivity contribution in [1.82, 2.24) is 0 Å². The summed E-state index contributed by atoms with van der Waals surface area (Å²) in [6, 6.07) is 16.7. The van der Waals surface area contributed by atoms with Crippen molar-refractivity contribution >= 4 is 39.9 Å². The summed E-state index contributed by atoms with van der Waals surface area (Å²) in [5, 5.41) is 4.92. The van der Waals surface area contributed by atoms with Gasteiger partial charge in [0.25, 0.3) is 5.91 Å². The van der Waals surface area contributed by atoms with Crippen molar-refractivity contribution < 1.29 is 19.1 Å². The summed E-state index contributed by atoms with van der Waals surface area (Å²) in [7, 11) is 0. The molecule has 1 aliphatic rings. The van der Waals surface area contributed by atoms with Crippen LogP contribution >= 0.6 is 0 Å². The first-order valence-corrected chi connectivity index (χ1v) is 10.4. The maximum absolute atomic E-state index is 12.8. The summed E-state index contributed by atoms with van der Waals surface area (Å²) < 4.78 is 5.00. The summed E-state index contributed by atoms with van der Waals surface area (Å²) >= 11 is 0. The molecule has 0 unspecified atom stereocenters. The van der Waals surface area contributed by atoms with E-state index >= 15 is 0 Å². The van der Waals surface area contributed by atoms with Crippen LogP contribution in [0.25, 0.3) is 10.8 Å². The molecule has 0 aliphatic carbocycles. The molecule has 1 heterocycles. The van der Waals surface area contributed by atoms with Gasteiger partial charge in [0, 0.05) is 29.6 Å². The Labute approximate surface area is 180 Å². The minimum atomic E-state index is -0.380. The number of anilines is 2. The first-order chi connectivity index (χ1) is 15.0. The van der Waals surface area contributed by atoms with E-state index in [1.807, 2.05) is 43.3 Å². The van der Waals surface area contributed by atoms with E-state index in [2.05, 4.69) is 5.32 Å². The third-order valence-electron chi connectivity index (χ3n) is 5.45. The van der Waals surface area contributed by atoms with E-state index in [4.69, 9.17) is 4.74 Å². The Morgan fingerprint density at radius 3 is 2.58 bits per heavy atom. The summed E-state index contributed by atoms with van der Waals surface area (Å²) in [6.45, 7) is 4.38. The Morgan fingerprint density at radius 2 is 1.84 bits per heavy atom. The van der Waals surface area contributed by atoms with E-state index in [-0.39, 0.29) is 24.2 Å². The van der Waals surface area contributed by atoms with Gasteiger partial charge < -0.3 is 15.0 Å². The third-order valence-corrected chi connectivity index (χ3v) is 5.45. The van der Waals surface area contributed by atoms with Crippen LogP contribution in [0.1, 0.15) is 46.0 Å². The Morgan fingerprint density at radius 1 is 1.06 bits per heavy atom. The Kier molecular flexibility index (Phi) is 5.71. The van der Waals surface area contributed by atoms with E-state index < -0.39 is 0 Å². The van der Waals surface area contributed by atoms with Crippen LogP contribution in [0, 0.1) is 6.92 Å². The van der Waals surface area contributed by atoms with Gasteiger partial charge in [0.05, 0.1) is 17.9 Å². The number of hydrogen-bond acceptors (Lipinski definition) is 4. The Hall–Kier alpha value is -3.67. The number of nitrogens with one attached hydrogen (secondary N) is 1. The Bertz CT molecular complexity index is 1180. The number of rotatable bonds is 7. The molecule has 1 N–H and O–H groups in total. The van der Waals surface area contributed by atoms with Crippen molar-refractivity contribution in [1.29, 1.82) is 0 Å². The molecule has 3 aromatic rings. The third kappa shape index (κ3) is 4.01. The first-order valence-electron chi connectivity index (χ1n) is 10.4. The molecule has 1 aliphatic heterocycles. The monoisotopic (exact) mass is 416 g/mol. The van der Waals surface area contributed by atoms with Crippen molar-refractivity contribution in [3.8, 4) is 0 Å². The molecule has 0 atom stereocenters. The summed E-state index contributed by atoms with van der Waals surface area (Å²) in [6.07, 6.45) is 0.830. The van der Waals surface area contributed by atoms with E-state index in [0.29, 0.717) is 30.8 Å². The van der Waals surface area contributed by atoms with Gasteiger partial charge in [0.1, 0.15) is 0 Å². The van der Waals surface area contributed by atoms with Gasteiger partial charge in [-0.15, -0.1) is 0 Å². The number of hydrogen-bond donors (Lipinski definition) is 1. The van der Waals surface area contributed by atoms with E-state index in [9.17, 15) is 14.4 Å². The van der Waals surface area contributed by atoms with Crippen molar-refractivity contribution in [3.05, 3.63) is 71.3 Å². The number of amides is 2. The number of carbonyl (C=O) groups excluding carboxylic acids is 3. The second kappa shape index (κ2) is 8.60. The zero-order chi connectivity index (χ0) is 22.0. The molecule has 31 heavy (non-hydrogen) atoms. The lowest BCUT2D eigenvalue weighted by atomic mass is 10.1. The molecular weight excluding hydrogens is 392 g/mol. The quantitative estimate of drug-likeness (QED) is 0.566. The van der Waals surface area contributed by atoms with Gasteiger partial charge in [0.2, 0.25) is 5.91 Å². The molecule has 6 heteroatoms. The standard InChI is InChI=1S/C25H24N2O4/c1-3-31-25(30)18-12-13-20(16(2)15-18)26-22(28)11-6-14-27-21-10-5-8-17-7-4-9-19(23(17)21)24(27)29/h4-5,7-10,12-13,15H,3,6,11,14H2,1-2H3,(H,26,28).